The van der Waals surface area contributed by atoms with E-state index in [4.69, 9.17) is 4.74 Å². The molecule has 1 fully saturated rings. The summed E-state index contributed by atoms with van der Waals surface area (Å²) in [6, 6.07) is 0. The van der Waals surface area contributed by atoms with Crippen LogP contribution in [0, 0.1) is 0 Å². The minimum atomic E-state index is -3.25. The second-order valence-corrected chi connectivity index (χ2v) is 6.86. The van der Waals surface area contributed by atoms with Crippen LogP contribution in [-0.4, -0.2) is 49.9 Å². The summed E-state index contributed by atoms with van der Waals surface area (Å²) in [4.78, 5) is 12.4. The van der Waals surface area contributed by atoms with Gasteiger partial charge in [-0.05, 0) is 20.3 Å². The van der Waals surface area contributed by atoms with E-state index in [1.807, 2.05) is 0 Å². The van der Waals surface area contributed by atoms with Gasteiger partial charge in [0.2, 0.25) is 0 Å². The van der Waals surface area contributed by atoms with Crippen LogP contribution in [0.4, 0.5) is 9.18 Å². The van der Waals surface area contributed by atoms with Crippen LogP contribution in [0.2, 0.25) is 0 Å². The van der Waals surface area contributed by atoms with Crippen molar-refractivity contribution < 1.29 is 22.3 Å². The van der Waals surface area contributed by atoms with Crippen molar-refractivity contribution in [3.8, 4) is 0 Å². The van der Waals surface area contributed by atoms with E-state index in [9.17, 15) is 17.6 Å². The van der Waals surface area contributed by atoms with E-state index in [1.165, 1.54) is 0 Å². The Morgan fingerprint density at radius 1 is 1.47 bits per heavy atom. The van der Waals surface area contributed by atoms with E-state index in [-0.39, 0.29) is 25.5 Å². The molecule has 0 saturated carbocycles. The summed E-state index contributed by atoms with van der Waals surface area (Å²) in [5.41, 5.74) is 0. The van der Waals surface area contributed by atoms with E-state index in [2.05, 4.69) is 0 Å². The lowest BCUT2D eigenvalue weighted by Gasteiger charge is -2.33. The van der Waals surface area contributed by atoms with Crippen molar-refractivity contribution in [1.29, 1.82) is 0 Å². The first-order valence-corrected chi connectivity index (χ1v) is 7.47. The number of hydrogen-bond acceptors (Lipinski definition) is 4. The third kappa shape index (κ3) is 3.83. The number of likely N-dealkylation sites (tertiary alicyclic amines) is 1. The maximum Gasteiger partial charge on any atom is 0.412 e. The van der Waals surface area contributed by atoms with Gasteiger partial charge >= 0.3 is 6.09 Å². The Labute approximate surface area is 101 Å². The minimum absolute atomic E-state index is 0.0739. The number of sulfone groups is 1. The molecule has 0 aromatic rings. The van der Waals surface area contributed by atoms with Gasteiger partial charge in [-0.1, -0.05) is 0 Å². The highest BCUT2D eigenvalue weighted by molar-refractivity contribution is 7.91. The number of hydrogen-bond donors (Lipinski definition) is 0. The molecule has 0 aliphatic carbocycles. The zero-order valence-electron chi connectivity index (χ0n) is 10.2. The zero-order chi connectivity index (χ0) is 13.2. The Bertz CT molecular complexity index is 382. The van der Waals surface area contributed by atoms with Crippen LogP contribution in [0.15, 0.2) is 0 Å². The topological polar surface area (TPSA) is 63.7 Å². The fourth-order valence-electron chi connectivity index (χ4n) is 1.75. The van der Waals surface area contributed by atoms with Crippen LogP contribution in [0.25, 0.3) is 0 Å². The Morgan fingerprint density at radius 3 is 2.47 bits per heavy atom. The van der Waals surface area contributed by atoms with Crippen LogP contribution >= 0.6 is 0 Å². The molecule has 1 amide bonds. The molecule has 1 heterocycles. The Balaban J connectivity index is 2.62. The molecule has 0 spiro atoms. The zero-order valence-corrected chi connectivity index (χ0v) is 11.0. The first-order valence-electron chi connectivity index (χ1n) is 5.52. The molecule has 0 aromatic carbocycles. The van der Waals surface area contributed by atoms with Gasteiger partial charge in [0, 0.05) is 19.2 Å². The summed E-state index contributed by atoms with van der Waals surface area (Å²) in [5, 5.41) is -0.708. The third-order valence-corrected chi connectivity index (χ3v) is 4.30. The van der Waals surface area contributed by atoms with Crippen LogP contribution in [0.1, 0.15) is 26.7 Å². The summed E-state index contributed by atoms with van der Waals surface area (Å²) >= 11 is 0. The molecule has 2 unspecified atom stereocenters. The quantitative estimate of drug-likeness (QED) is 0.708. The molecule has 1 rings (SSSR count). The third-order valence-electron chi connectivity index (χ3n) is 2.66. The van der Waals surface area contributed by atoms with Crippen molar-refractivity contribution in [1.82, 2.24) is 4.90 Å². The molecular weight excluding hydrogens is 249 g/mol. The van der Waals surface area contributed by atoms with Crippen LogP contribution in [-0.2, 0) is 14.6 Å². The number of alkyl halides is 1. The second kappa shape index (κ2) is 5.20. The fraction of sp³-hybridized carbons (Fsp3) is 0.900. The van der Waals surface area contributed by atoms with Gasteiger partial charge in [0.05, 0.1) is 11.4 Å². The first kappa shape index (κ1) is 14.2. The number of amides is 1. The molecule has 2 atom stereocenters. The number of nitrogens with zero attached hydrogens (tertiary/aromatic N) is 1. The molecule has 0 N–H and O–H groups in total. The molecule has 0 aromatic heterocycles. The monoisotopic (exact) mass is 267 g/mol. The highest BCUT2D eigenvalue weighted by atomic mass is 32.2. The Hall–Kier alpha value is -0.850. The largest absolute Gasteiger partial charge is 0.447 e. The lowest BCUT2D eigenvalue weighted by atomic mass is 10.1. The predicted molar refractivity (Wildman–Crippen MR) is 61.1 cm³/mol. The molecular formula is C10H18FNO4S. The maximum atomic E-state index is 13.7. The van der Waals surface area contributed by atoms with E-state index < -0.39 is 27.5 Å². The molecule has 1 aliphatic rings. The predicted octanol–water partition coefficient (Wildman–Crippen LogP) is 1.34. The highest BCUT2D eigenvalue weighted by Gasteiger charge is 2.36. The summed E-state index contributed by atoms with van der Waals surface area (Å²) in [6.45, 7) is 3.42. The van der Waals surface area contributed by atoms with Gasteiger partial charge < -0.3 is 4.74 Å². The van der Waals surface area contributed by atoms with Crippen molar-refractivity contribution in [2.24, 2.45) is 0 Å². The van der Waals surface area contributed by atoms with Crippen LogP contribution in [0.3, 0.4) is 0 Å². The summed E-state index contributed by atoms with van der Waals surface area (Å²) < 4.78 is 41.1. The molecule has 1 aliphatic heterocycles. The molecule has 17 heavy (non-hydrogen) atoms. The first-order chi connectivity index (χ1) is 7.71. The molecule has 1 saturated heterocycles. The highest BCUT2D eigenvalue weighted by Crippen LogP contribution is 2.24. The van der Waals surface area contributed by atoms with Gasteiger partial charge in [0.1, 0.15) is 0 Å². The van der Waals surface area contributed by atoms with Gasteiger partial charge in [-0.3, -0.25) is 4.90 Å². The van der Waals surface area contributed by atoms with Gasteiger partial charge in [0.15, 0.2) is 16.1 Å². The van der Waals surface area contributed by atoms with Crippen molar-refractivity contribution in [2.75, 3.05) is 12.8 Å². The molecule has 7 heteroatoms. The minimum Gasteiger partial charge on any atom is -0.447 e. The standard InChI is InChI=1S/C10H18FNO4S/c1-7(2)16-10(13)12-5-4-8(6-9(12)11)17(3,14)15/h7-9H,4-6H2,1-3H3. The number of carbonyl (C=O) groups is 1. The van der Waals surface area contributed by atoms with E-state index in [1.54, 1.807) is 13.8 Å². The van der Waals surface area contributed by atoms with Crippen molar-refractivity contribution >= 4 is 15.9 Å². The number of halogens is 1. The normalized spacial score (nSPS) is 26.1. The van der Waals surface area contributed by atoms with E-state index in [0.29, 0.717) is 0 Å². The lowest BCUT2D eigenvalue weighted by Crippen LogP contribution is -2.47. The van der Waals surface area contributed by atoms with Gasteiger partial charge in [-0.15, -0.1) is 0 Å². The molecule has 0 radical (unpaired) electrons. The van der Waals surface area contributed by atoms with E-state index in [0.717, 1.165) is 11.2 Å². The van der Waals surface area contributed by atoms with Gasteiger partial charge in [-0.2, -0.15) is 0 Å². The molecule has 0 bridgehead atoms. The van der Waals surface area contributed by atoms with Gasteiger partial charge in [-0.25, -0.2) is 17.6 Å². The maximum absolute atomic E-state index is 13.7. The van der Waals surface area contributed by atoms with Crippen molar-refractivity contribution in [3.05, 3.63) is 0 Å². The molecule has 100 valence electrons. The fourth-order valence-corrected chi connectivity index (χ4v) is 2.79. The summed E-state index contributed by atoms with van der Waals surface area (Å²) in [7, 11) is -3.25. The summed E-state index contributed by atoms with van der Waals surface area (Å²) in [5.74, 6) is 0. The van der Waals surface area contributed by atoms with Crippen molar-refractivity contribution in [3.63, 3.8) is 0 Å². The average Bonchev–Trinajstić information content (AvgIpc) is 2.14. The molecule has 5 nitrogen and oxygen atoms in total. The lowest BCUT2D eigenvalue weighted by molar-refractivity contribution is 0.0163. The Kier molecular flexibility index (Phi) is 4.35. The van der Waals surface area contributed by atoms with E-state index >= 15 is 0 Å². The van der Waals surface area contributed by atoms with Crippen LogP contribution < -0.4 is 0 Å². The number of carbonyl (C=O) groups excluding carboxylic acids is 1. The SMILES string of the molecule is CC(C)OC(=O)N1CCC(S(C)(=O)=O)CC1F. The van der Waals surface area contributed by atoms with Gasteiger partial charge in [0.25, 0.3) is 0 Å². The average molecular weight is 267 g/mol. The summed E-state index contributed by atoms with van der Waals surface area (Å²) in [6.07, 6.45) is -1.46. The number of ether oxygens (including phenoxy) is 1. The van der Waals surface area contributed by atoms with Crippen LogP contribution in [0.5, 0.6) is 0 Å². The smallest absolute Gasteiger partial charge is 0.412 e. The number of piperidine rings is 1. The Morgan fingerprint density at radius 2 is 2.06 bits per heavy atom. The number of rotatable bonds is 2. The van der Waals surface area contributed by atoms with Crippen molar-refractivity contribution in [2.45, 2.75) is 44.3 Å². The second-order valence-electron chi connectivity index (χ2n) is 4.54.